The number of nitrogens with zero attached hydrogens (tertiary/aromatic N) is 3. The van der Waals surface area contributed by atoms with E-state index in [2.05, 4.69) is 55.3 Å². The average molecular weight is 527 g/mol. The minimum absolute atomic E-state index is 0.0535. The summed E-state index contributed by atoms with van der Waals surface area (Å²) in [5, 5.41) is 22.1. The zero-order valence-electron chi connectivity index (χ0n) is 23.0. The zero-order chi connectivity index (χ0) is 27.3. The highest BCUT2D eigenvalue weighted by molar-refractivity contribution is 5.77. The van der Waals surface area contributed by atoms with Gasteiger partial charge in [-0.15, -0.1) is 5.23 Å². The van der Waals surface area contributed by atoms with Crippen LogP contribution in [0.3, 0.4) is 0 Å². The second kappa shape index (κ2) is 12.2. The molecule has 0 aromatic heterocycles. The molecule has 38 heavy (non-hydrogen) atoms. The normalized spacial score (nSPS) is 20.3. The lowest BCUT2D eigenvalue weighted by Crippen LogP contribution is -2.50. The van der Waals surface area contributed by atoms with Gasteiger partial charge in [-0.2, -0.15) is 0 Å². The maximum atomic E-state index is 12.8. The number of nitrogens with one attached hydrogen (secondary N) is 1. The number of carbonyl (C=O) groups is 1. The first-order valence-corrected chi connectivity index (χ1v) is 13.5. The topological polar surface area (TPSA) is 97.7 Å². The summed E-state index contributed by atoms with van der Waals surface area (Å²) in [4.78, 5) is 17.1. The van der Waals surface area contributed by atoms with Gasteiger partial charge in [0.15, 0.2) is 0 Å². The number of methoxy groups -OCH3 is 1. The van der Waals surface area contributed by atoms with Crippen molar-refractivity contribution in [2.75, 3.05) is 55.3 Å². The van der Waals surface area contributed by atoms with E-state index in [-0.39, 0.29) is 41.0 Å². The predicted octanol–water partition coefficient (Wildman–Crippen LogP) is 4.67. The van der Waals surface area contributed by atoms with Crippen molar-refractivity contribution >= 4 is 23.0 Å². The smallest absolute Gasteiger partial charge is 0.248 e. The molecule has 0 atom stereocenters. The Morgan fingerprint density at radius 1 is 1.00 bits per heavy atom. The van der Waals surface area contributed by atoms with Crippen LogP contribution in [0.4, 0.5) is 17.1 Å². The summed E-state index contributed by atoms with van der Waals surface area (Å²) in [5.41, 5.74) is 3.72. The van der Waals surface area contributed by atoms with Gasteiger partial charge in [0.25, 0.3) is 0 Å². The van der Waals surface area contributed by atoms with Gasteiger partial charge in [0.1, 0.15) is 18.0 Å². The first-order valence-electron chi connectivity index (χ1n) is 13.5. The predicted molar refractivity (Wildman–Crippen MR) is 149 cm³/mol. The van der Waals surface area contributed by atoms with E-state index in [0.29, 0.717) is 18.8 Å². The number of piperazine rings is 1. The molecule has 208 valence electrons. The fraction of sp³-hybridized carbons (Fsp3) is 0.552. The number of benzene rings is 2. The number of ether oxygens (including phenoxy) is 2. The van der Waals surface area contributed by atoms with E-state index in [9.17, 15) is 15.2 Å². The van der Waals surface area contributed by atoms with Gasteiger partial charge >= 0.3 is 0 Å². The fourth-order valence-electron chi connectivity index (χ4n) is 5.21. The third-order valence-corrected chi connectivity index (χ3v) is 7.61. The molecule has 0 bridgehead atoms. The highest BCUT2D eigenvalue weighted by Crippen LogP contribution is 2.32. The van der Waals surface area contributed by atoms with Crippen molar-refractivity contribution in [3.63, 3.8) is 0 Å². The molecule has 1 amide bonds. The molecule has 0 unspecified atom stereocenters. The Labute approximate surface area is 225 Å². The minimum atomic E-state index is 0.0535. The molecule has 9 nitrogen and oxygen atoms in total. The number of amides is 1. The van der Waals surface area contributed by atoms with Gasteiger partial charge < -0.3 is 24.6 Å². The van der Waals surface area contributed by atoms with E-state index in [1.165, 1.54) is 18.4 Å². The lowest BCUT2D eigenvalue weighted by Gasteiger charge is -2.37. The molecule has 1 aliphatic heterocycles. The zero-order valence-corrected chi connectivity index (χ0v) is 23.0. The maximum absolute atomic E-state index is 12.8. The number of hydrogen-bond donors (Lipinski definition) is 3. The molecule has 4 rings (SSSR count). The van der Waals surface area contributed by atoms with Crippen molar-refractivity contribution in [1.82, 2.24) is 4.90 Å². The molecule has 1 aliphatic carbocycles. The summed E-state index contributed by atoms with van der Waals surface area (Å²) < 4.78 is 11.3. The summed E-state index contributed by atoms with van der Waals surface area (Å²) >= 11 is 0. The average Bonchev–Trinajstić information content (AvgIpc) is 2.92. The molecular formula is C29H42N4O5. The van der Waals surface area contributed by atoms with Crippen LogP contribution in [0.2, 0.25) is 0 Å². The van der Waals surface area contributed by atoms with E-state index in [0.717, 1.165) is 44.5 Å². The van der Waals surface area contributed by atoms with Crippen molar-refractivity contribution in [3.05, 3.63) is 48.0 Å². The summed E-state index contributed by atoms with van der Waals surface area (Å²) in [5.74, 6) is 0.441. The number of hydrogen-bond acceptors (Lipinski definition) is 8. The van der Waals surface area contributed by atoms with Crippen molar-refractivity contribution in [1.29, 1.82) is 0 Å². The van der Waals surface area contributed by atoms with Crippen LogP contribution in [-0.4, -0.2) is 73.3 Å². The van der Waals surface area contributed by atoms with Crippen LogP contribution < -0.4 is 20.2 Å². The molecule has 0 spiro atoms. The molecular weight excluding hydrogens is 484 g/mol. The molecule has 3 N–H and O–H groups in total. The van der Waals surface area contributed by atoms with Crippen LogP contribution in [0.15, 0.2) is 42.5 Å². The Hall–Kier alpha value is -3.01. The van der Waals surface area contributed by atoms with Crippen molar-refractivity contribution < 1.29 is 24.7 Å². The van der Waals surface area contributed by atoms with Gasteiger partial charge in [-0.05, 0) is 60.9 Å². The largest absolute Gasteiger partial charge is 0.494 e. The second-order valence-electron chi connectivity index (χ2n) is 11.3. The number of rotatable bonds is 8. The number of carbonyl (C=O) groups excluding carboxylic acids is 1. The second-order valence-corrected chi connectivity index (χ2v) is 11.3. The first-order chi connectivity index (χ1) is 18.1. The van der Waals surface area contributed by atoms with Gasteiger partial charge in [-0.1, -0.05) is 32.9 Å². The van der Waals surface area contributed by atoms with E-state index >= 15 is 0 Å². The minimum Gasteiger partial charge on any atom is -0.494 e. The van der Waals surface area contributed by atoms with Crippen LogP contribution in [0.1, 0.15) is 52.0 Å². The third-order valence-electron chi connectivity index (χ3n) is 7.61. The van der Waals surface area contributed by atoms with Crippen LogP contribution in [0.5, 0.6) is 5.75 Å². The van der Waals surface area contributed by atoms with Gasteiger partial charge in [0.05, 0.1) is 13.2 Å². The molecule has 2 aliphatic rings. The summed E-state index contributed by atoms with van der Waals surface area (Å²) in [6.07, 6.45) is 3.73. The highest BCUT2D eigenvalue weighted by atomic mass is 16.8. The van der Waals surface area contributed by atoms with Crippen LogP contribution >= 0.6 is 0 Å². The lowest BCUT2D eigenvalue weighted by molar-refractivity contribution is -0.139. The standard InChI is InChI=1S/C29H42N4O5/c1-29(2,3)21-5-10-24(11-6-21)31-15-17-32(18-16-31)28(34)20-38-25-12-7-22(8-13-25)30-23-9-14-26(33(35)36)27(19-23)37-4/h5-6,9-11,14,19,22,25,30,35-36H,7-8,12-13,15-18,20H2,1-4H3. The molecule has 1 saturated carbocycles. The summed E-state index contributed by atoms with van der Waals surface area (Å²) in [6.45, 7) is 9.90. The molecule has 2 aromatic rings. The van der Waals surface area contributed by atoms with E-state index < -0.39 is 0 Å². The van der Waals surface area contributed by atoms with Gasteiger partial charge in [0, 0.05) is 49.7 Å². The van der Waals surface area contributed by atoms with Gasteiger partial charge in [0.2, 0.25) is 5.91 Å². The maximum Gasteiger partial charge on any atom is 0.248 e. The van der Waals surface area contributed by atoms with E-state index in [1.54, 1.807) is 18.2 Å². The monoisotopic (exact) mass is 526 g/mol. The van der Waals surface area contributed by atoms with Crippen LogP contribution in [0.25, 0.3) is 0 Å². The van der Waals surface area contributed by atoms with E-state index in [1.807, 2.05) is 4.90 Å². The molecule has 1 heterocycles. The van der Waals surface area contributed by atoms with Crippen molar-refractivity contribution in [2.45, 2.75) is 64.0 Å². The SMILES string of the molecule is COc1cc(NC2CCC(OCC(=O)N3CCN(c4ccc(C(C)(C)C)cc4)CC3)CC2)ccc1N(O)O. The highest BCUT2D eigenvalue weighted by Gasteiger charge is 2.26. The van der Waals surface area contributed by atoms with Gasteiger partial charge in [-0.25, -0.2) is 0 Å². The number of anilines is 3. The first kappa shape index (κ1) is 28.0. The summed E-state index contributed by atoms with van der Waals surface area (Å²) in [7, 11) is 1.49. The Kier molecular flexibility index (Phi) is 9.02. The van der Waals surface area contributed by atoms with Crippen LogP contribution in [0, 0.1) is 0 Å². The Bertz CT molecular complexity index is 1050. The quantitative estimate of drug-likeness (QED) is 0.427. The lowest BCUT2D eigenvalue weighted by atomic mass is 9.87. The Balaban J connectivity index is 1.17. The molecule has 2 aromatic carbocycles. The van der Waals surface area contributed by atoms with Crippen molar-refractivity contribution in [2.24, 2.45) is 0 Å². The molecule has 2 fully saturated rings. The third kappa shape index (κ3) is 7.09. The van der Waals surface area contributed by atoms with Gasteiger partial charge in [-0.3, -0.25) is 15.2 Å². The van der Waals surface area contributed by atoms with E-state index in [4.69, 9.17) is 9.47 Å². The molecule has 1 saturated heterocycles. The van der Waals surface area contributed by atoms with Crippen molar-refractivity contribution in [3.8, 4) is 5.75 Å². The van der Waals surface area contributed by atoms with Crippen LogP contribution in [-0.2, 0) is 14.9 Å². The Morgan fingerprint density at radius 3 is 2.24 bits per heavy atom. The molecule has 0 radical (unpaired) electrons. The molecule has 9 heteroatoms. The Morgan fingerprint density at radius 2 is 1.66 bits per heavy atom. The fourth-order valence-corrected chi connectivity index (χ4v) is 5.21. The summed E-state index contributed by atoms with van der Waals surface area (Å²) in [6, 6.07) is 14.2.